The number of hydrogen-bond acceptors (Lipinski definition) is 5. The van der Waals surface area contributed by atoms with Gasteiger partial charge in [0.05, 0.1) is 22.9 Å². The van der Waals surface area contributed by atoms with E-state index in [0.717, 1.165) is 22.7 Å². The smallest absolute Gasteiger partial charge is 0.293 e. The number of carbonyl (C=O) groups is 1. The van der Waals surface area contributed by atoms with Gasteiger partial charge in [0.25, 0.3) is 6.47 Å². The molecule has 1 fully saturated rings. The van der Waals surface area contributed by atoms with Gasteiger partial charge in [-0.3, -0.25) is 4.79 Å². The van der Waals surface area contributed by atoms with Crippen molar-refractivity contribution in [3.05, 3.63) is 34.3 Å². The van der Waals surface area contributed by atoms with Crippen molar-refractivity contribution >= 4 is 23.9 Å². The Bertz CT molecular complexity index is 509. The van der Waals surface area contributed by atoms with Crippen molar-refractivity contribution in [1.82, 2.24) is 4.98 Å². The lowest BCUT2D eigenvalue weighted by Gasteiger charge is -2.14. The van der Waals surface area contributed by atoms with E-state index in [9.17, 15) is 4.79 Å². The van der Waals surface area contributed by atoms with E-state index in [2.05, 4.69) is 11.6 Å². The summed E-state index contributed by atoms with van der Waals surface area (Å²) in [4.78, 5) is 15.1. The van der Waals surface area contributed by atoms with Crippen molar-refractivity contribution in [3.63, 3.8) is 0 Å². The predicted octanol–water partition coefficient (Wildman–Crippen LogP) is 3.13. The van der Waals surface area contributed by atoms with E-state index in [1.54, 1.807) is 11.3 Å². The molecule has 0 bridgehead atoms. The standard InChI is InChI=1S/C15H19NO3S/c1-4-5-13-15(19-13)7-14(18-9-17)10(2)6-12-8-20-11(3)16-12/h4,6,8-9,13-15H,1,5,7H2,2-3H3/b10-6+/t13-,14+,15+/m1/s1. The number of nitrogens with zero attached hydrogens (tertiary/aromatic N) is 1. The normalized spacial score (nSPS) is 23.2. The molecule has 5 heteroatoms. The number of rotatable bonds is 8. The molecule has 0 radical (unpaired) electrons. The predicted molar refractivity (Wildman–Crippen MR) is 79.5 cm³/mol. The van der Waals surface area contributed by atoms with E-state index in [4.69, 9.17) is 9.47 Å². The Morgan fingerprint density at radius 1 is 1.65 bits per heavy atom. The lowest BCUT2D eigenvalue weighted by molar-refractivity contribution is -0.132. The SMILES string of the molecule is C=CC[C@H]1O[C@H]1C[C@H](OC=O)/C(C)=C/c1csc(C)n1. The third-order valence-electron chi connectivity index (χ3n) is 3.27. The summed E-state index contributed by atoms with van der Waals surface area (Å²) in [6.45, 7) is 8.12. The third kappa shape index (κ3) is 4.02. The van der Waals surface area contributed by atoms with Crippen LogP contribution in [0.1, 0.15) is 30.5 Å². The minimum atomic E-state index is -0.255. The summed E-state index contributed by atoms with van der Waals surface area (Å²) in [5.41, 5.74) is 1.89. The van der Waals surface area contributed by atoms with Gasteiger partial charge in [0.15, 0.2) is 0 Å². The van der Waals surface area contributed by atoms with Crippen LogP contribution in [0.15, 0.2) is 23.6 Å². The molecule has 0 aliphatic carbocycles. The number of hydrogen-bond donors (Lipinski definition) is 0. The molecule has 2 rings (SSSR count). The first-order valence-corrected chi connectivity index (χ1v) is 7.47. The van der Waals surface area contributed by atoms with E-state index in [1.807, 2.05) is 31.4 Å². The molecule has 1 aliphatic heterocycles. The van der Waals surface area contributed by atoms with Crippen LogP contribution in [0.5, 0.6) is 0 Å². The number of aromatic nitrogens is 1. The summed E-state index contributed by atoms with van der Waals surface area (Å²) in [5, 5.41) is 3.01. The quantitative estimate of drug-likeness (QED) is 0.420. The Labute approximate surface area is 123 Å². The van der Waals surface area contributed by atoms with Crippen molar-refractivity contribution < 1.29 is 14.3 Å². The Kier molecular flexibility index (Phi) is 5.09. The first-order chi connectivity index (χ1) is 9.63. The maximum absolute atomic E-state index is 10.7. The van der Waals surface area contributed by atoms with Gasteiger partial charge >= 0.3 is 0 Å². The van der Waals surface area contributed by atoms with Crippen molar-refractivity contribution in [2.45, 2.75) is 45.0 Å². The molecule has 2 heterocycles. The first kappa shape index (κ1) is 14.9. The maximum Gasteiger partial charge on any atom is 0.293 e. The highest BCUT2D eigenvalue weighted by atomic mass is 32.1. The summed E-state index contributed by atoms with van der Waals surface area (Å²) in [6, 6.07) is 0. The van der Waals surface area contributed by atoms with Gasteiger partial charge in [-0.1, -0.05) is 6.08 Å². The molecular weight excluding hydrogens is 274 g/mol. The minimum absolute atomic E-state index is 0.151. The molecule has 1 aromatic rings. The van der Waals surface area contributed by atoms with Crippen LogP contribution in [0, 0.1) is 6.92 Å². The van der Waals surface area contributed by atoms with Crippen LogP contribution in [0.25, 0.3) is 6.08 Å². The molecule has 108 valence electrons. The first-order valence-electron chi connectivity index (χ1n) is 6.59. The molecule has 0 saturated carbocycles. The molecule has 0 amide bonds. The van der Waals surface area contributed by atoms with Crippen molar-refractivity contribution in [2.75, 3.05) is 0 Å². The number of ether oxygens (including phenoxy) is 2. The number of aryl methyl sites for hydroxylation is 1. The van der Waals surface area contributed by atoms with Crippen LogP contribution in [0.4, 0.5) is 0 Å². The highest BCUT2D eigenvalue weighted by Gasteiger charge is 2.39. The van der Waals surface area contributed by atoms with Gasteiger partial charge in [0.1, 0.15) is 6.10 Å². The van der Waals surface area contributed by atoms with Crippen LogP contribution in [-0.2, 0) is 14.3 Å². The second-order valence-electron chi connectivity index (χ2n) is 4.87. The highest BCUT2D eigenvalue weighted by molar-refractivity contribution is 7.09. The van der Waals surface area contributed by atoms with Gasteiger partial charge in [-0.05, 0) is 31.9 Å². The molecular formula is C15H19NO3S. The number of epoxide rings is 1. The van der Waals surface area contributed by atoms with Gasteiger partial charge in [0.2, 0.25) is 0 Å². The van der Waals surface area contributed by atoms with E-state index < -0.39 is 0 Å². The molecule has 1 aromatic heterocycles. The summed E-state index contributed by atoms with van der Waals surface area (Å²) >= 11 is 1.60. The van der Waals surface area contributed by atoms with Crippen LogP contribution in [-0.4, -0.2) is 29.8 Å². The molecule has 0 aromatic carbocycles. The average molecular weight is 293 g/mol. The largest absolute Gasteiger partial charge is 0.460 e. The average Bonchev–Trinajstić information content (AvgIpc) is 3.00. The minimum Gasteiger partial charge on any atom is -0.460 e. The Hall–Kier alpha value is -1.46. The van der Waals surface area contributed by atoms with E-state index in [-0.39, 0.29) is 18.3 Å². The fourth-order valence-electron chi connectivity index (χ4n) is 2.16. The van der Waals surface area contributed by atoms with Gasteiger partial charge in [-0.2, -0.15) is 0 Å². The highest BCUT2D eigenvalue weighted by Crippen LogP contribution is 2.32. The zero-order valence-electron chi connectivity index (χ0n) is 11.7. The van der Waals surface area contributed by atoms with Crippen LogP contribution in [0.2, 0.25) is 0 Å². The van der Waals surface area contributed by atoms with Crippen molar-refractivity contribution in [3.8, 4) is 0 Å². The van der Waals surface area contributed by atoms with Gasteiger partial charge in [0, 0.05) is 11.8 Å². The zero-order valence-corrected chi connectivity index (χ0v) is 12.6. The van der Waals surface area contributed by atoms with E-state index in [0.29, 0.717) is 12.9 Å². The molecule has 4 nitrogen and oxygen atoms in total. The monoisotopic (exact) mass is 293 g/mol. The maximum atomic E-state index is 10.7. The second kappa shape index (κ2) is 6.81. The Morgan fingerprint density at radius 2 is 2.45 bits per heavy atom. The molecule has 0 spiro atoms. The molecule has 20 heavy (non-hydrogen) atoms. The van der Waals surface area contributed by atoms with Gasteiger partial charge in [-0.15, -0.1) is 17.9 Å². The summed E-state index contributed by atoms with van der Waals surface area (Å²) in [7, 11) is 0. The molecule has 1 saturated heterocycles. The van der Waals surface area contributed by atoms with Crippen LogP contribution in [0.3, 0.4) is 0 Å². The summed E-state index contributed by atoms with van der Waals surface area (Å²) < 4.78 is 10.7. The van der Waals surface area contributed by atoms with E-state index in [1.165, 1.54) is 0 Å². The summed E-state index contributed by atoms with van der Waals surface area (Å²) in [5.74, 6) is 0. The molecule has 0 unspecified atom stereocenters. The lowest BCUT2D eigenvalue weighted by atomic mass is 10.0. The second-order valence-corrected chi connectivity index (χ2v) is 5.94. The topological polar surface area (TPSA) is 51.7 Å². The molecule has 0 N–H and O–H groups in total. The molecule has 3 atom stereocenters. The van der Waals surface area contributed by atoms with Crippen LogP contribution >= 0.6 is 11.3 Å². The zero-order chi connectivity index (χ0) is 14.5. The number of thiazole rings is 1. The third-order valence-corrected chi connectivity index (χ3v) is 4.06. The van der Waals surface area contributed by atoms with Gasteiger partial charge in [-0.25, -0.2) is 4.98 Å². The van der Waals surface area contributed by atoms with Gasteiger partial charge < -0.3 is 9.47 Å². The number of carbonyl (C=O) groups excluding carboxylic acids is 1. The Morgan fingerprint density at radius 3 is 3.05 bits per heavy atom. The van der Waals surface area contributed by atoms with Crippen molar-refractivity contribution in [1.29, 1.82) is 0 Å². The lowest BCUT2D eigenvalue weighted by Crippen LogP contribution is -2.17. The fourth-order valence-corrected chi connectivity index (χ4v) is 2.73. The van der Waals surface area contributed by atoms with Crippen molar-refractivity contribution in [2.24, 2.45) is 0 Å². The van der Waals surface area contributed by atoms with E-state index >= 15 is 0 Å². The summed E-state index contributed by atoms with van der Waals surface area (Å²) in [6.07, 6.45) is 5.45. The molecule has 1 aliphatic rings. The Balaban J connectivity index is 1.98. The van der Waals surface area contributed by atoms with Crippen LogP contribution < -0.4 is 0 Å². The fraction of sp³-hybridized carbons (Fsp3) is 0.467.